The van der Waals surface area contributed by atoms with Crippen molar-refractivity contribution in [3.8, 4) is 17.1 Å². The van der Waals surface area contributed by atoms with Crippen molar-refractivity contribution in [1.29, 1.82) is 0 Å². The fourth-order valence-electron chi connectivity index (χ4n) is 3.90. The van der Waals surface area contributed by atoms with E-state index < -0.39 is 0 Å². The highest BCUT2D eigenvalue weighted by Crippen LogP contribution is 2.25. The van der Waals surface area contributed by atoms with Gasteiger partial charge in [-0.25, -0.2) is 4.68 Å². The van der Waals surface area contributed by atoms with Crippen LogP contribution < -0.4 is 5.32 Å². The molecular weight excluding hydrogens is 410 g/mol. The molecule has 5 heteroatoms. The van der Waals surface area contributed by atoms with Gasteiger partial charge in [0.05, 0.1) is 18.0 Å². The number of furan rings is 1. The van der Waals surface area contributed by atoms with Crippen molar-refractivity contribution in [1.82, 2.24) is 15.1 Å². The third-order valence-corrected chi connectivity index (χ3v) is 5.50. The Morgan fingerprint density at radius 3 is 2.15 bits per heavy atom. The van der Waals surface area contributed by atoms with Gasteiger partial charge in [-0.2, -0.15) is 5.10 Å². The van der Waals surface area contributed by atoms with Crippen LogP contribution in [0.1, 0.15) is 33.2 Å². The van der Waals surface area contributed by atoms with Gasteiger partial charge >= 0.3 is 0 Å². The van der Waals surface area contributed by atoms with Crippen LogP contribution >= 0.6 is 0 Å². The van der Waals surface area contributed by atoms with Gasteiger partial charge in [-0.05, 0) is 47.9 Å². The molecule has 0 spiro atoms. The van der Waals surface area contributed by atoms with E-state index in [1.54, 1.807) is 17.0 Å². The van der Waals surface area contributed by atoms with Crippen LogP contribution in [0, 0.1) is 6.92 Å². The molecule has 0 saturated heterocycles. The van der Waals surface area contributed by atoms with Crippen LogP contribution in [0.4, 0.5) is 0 Å². The molecule has 2 heterocycles. The largest absolute Gasteiger partial charge is 0.463 e. The minimum absolute atomic E-state index is 0.223. The van der Waals surface area contributed by atoms with Gasteiger partial charge in [0.2, 0.25) is 0 Å². The van der Waals surface area contributed by atoms with Crippen molar-refractivity contribution in [2.75, 3.05) is 0 Å². The molecule has 162 valence electrons. The lowest BCUT2D eigenvalue weighted by Gasteiger charge is -2.20. The van der Waals surface area contributed by atoms with Crippen molar-refractivity contribution in [3.63, 3.8) is 0 Å². The first-order valence-electron chi connectivity index (χ1n) is 10.8. The zero-order valence-corrected chi connectivity index (χ0v) is 18.2. The van der Waals surface area contributed by atoms with E-state index in [-0.39, 0.29) is 11.9 Å². The molecule has 0 aliphatic rings. The Labute approximate surface area is 192 Å². The fourth-order valence-corrected chi connectivity index (χ4v) is 3.90. The number of hydrogen-bond acceptors (Lipinski definition) is 3. The van der Waals surface area contributed by atoms with Crippen molar-refractivity contribution in [3.05, 3.63) is 132 Å². The summed E-state index contributed by atoms with van der Waals surface area (Å²) < 4.78 is 7.21. The number of amides is 1. The van der Waals surface area contributed by atoms with Gasteiger partial charge in [0.25, 0.3) is 5.91 Å². The zero-order valence-electron chi connectivity index (χ0n) is 18.2. The first-order valence-corrected chi connectivity index (χ1v) is 10.8. The number of carbonyl (C=O) groups is 1. The van der Waals surface area contributed by atoms with E-state index >= 15 is 0 Å². The molecule has 0 atom stereocenters. The molecule has 0 bridgehead atoms. The molecule has 0 fully saturated rings. The molecule has 0 saturated carbocycles. The maximum atomic E-state index is 13.7. The quantitative estimate of drug-likeness (QED) is 0.359. The third-order valence-electron chi connectivity index (χ3n) is 5.50. The second-order valence-electron chi connectivity index (χ2n) is 7.87. The summed E-state index contributed by atoms with van der Waals surface area (Å²) in [6, 6.07) is 32.9. The molecule has 5 nitrogen and oxygen atoms in total. The Morgan fingerprint density at radius 1 is 0.848 bits per heavy atom. The number of benzene rings is 3. The fraction of sp³-hybridized carbons (Fsp3) is 0.0714. The molecule has 5 aromatic rings. The van der Waals surface area contributed by atoms with Crippen LogP contribution in [-0.2, 0) is 0 Å². The van der Waals surface area contributed by atoms with Crippen LogP contribution in [0.2, 0.25) is 0 Å². The average Bonchev–Trinajstić information content (AvgIpc) is 3.54. The molecular formula is C28H23N3O2. The number of hydrogen-bond donors (Lipinski definition) is 1. The van der Waals surface area contributed by atoms with E-state index in [1.165, 1.54) is 0 Å². The van der Waals surface area contributed by atoms with Crippen LogP contribution in [0.3, 0.4) is 0 Å². The second-order valence-corrected chi connectivity index (χ2v) is 7.87. The maximum Gasteiger partial charge on any atom is 0.270 e. The first kappa shape index (κ1) is 20.5. The topological polar surface area (TPSA) is 60.1 Å². The van der Waals surface area contributed by atoms with Gasteiger partial charge in [0.15, 0.2) is 5.76 Å². The van der Waals surface area contributed by atoms with Gasteiger partial charge < -0.3 is 9.73 Å². The first-order chi connectivity index (χ1) is 16.2. The molecule has 0 aliphatic heterocycles. The summed E-state index contributed by atoms with van der Waals surface area (Å²) in [4.78, 5) is 13.7. The van der Waals surface area contributed by atoms with Crippen LogP contribution in [-0.4, -0.2) is 15.7 Å². The minimum Gasteiger partial charge on any atom is -0.463 e. The molecule has 5 rings (SSSR count). The lowest BCUT2D eigenvalue weighted by atomic mass is 9.98. The number of carbonyl (C=O) groups excluding carboxylic acids is 1. The Morgan fingerprint density at radius 2 is 1.55 bits per heavy atom. The highest BCUT2D eigenvalue weighted by atomic mass is 16.3. The van der Waals surface area contributed by atoms with Crippen molar-refractivity contribution in [2.24, 2.45) is 0 Å². The lowest BCUT2D eigenvalue weighted by Crippen LogP contribution is -2.31. The van der Waals surface area contributed by atoms with Gasteiger partial charge in [0, 0.05) is 6.07 Å². The summed E-state index contributed by atoms with van der Waals surface area (Å²) in [5.41, 5.74) is 4.94. The predicted octanol–water partition coefficient (Wildman–Crippen LogP) is 5.96. The highest BCUT2D eigenvalue weighted by molar-refractivity contribution is 5.94. The molecule has 1 amide bonds. The molecule has 0 unspecified atom stereocenters. The summed E-state index contributed by atoms with van der Waals surface area (Å²) in [7, 11) is 0. The Bertz CT molecular complexity index is 1320. The number of nitrogens with one attached hydrogen (secondary N) is 1. The van der Waals surface area contributed by atoms with E-state index in [0.29, 0.717) is 17.1 Å². The predicted molar refractivity (Wildman–Crippen MR) is 128 cm³/mol. The molecule has 1 N–H and O–H groups in total. The maximum absolute atomic E-state index is 13.7. The van der Waals surface area contributed by atoms with Crippen molar-refractivity contribution >= 4 is 5.91 Å². The van der Waals surface area contributed by atoms with E-state index in [0.717, 1.165) is 22.4 Å². The SMILES string of the molecule is Cc1cccc(-n2nc(-c3ccco3)cc2C(=O)NC(c2ccccc2)c2ccccc2)c1. The Balaban J connectivity index is 1.57. The second kappa shape index (κ2) is 9.01. The van der Waals surface area contributed by atoms with E-state index in [9.17, 15) is 4.79 Å². The smallest absolute Gasteiger partial charge is 0.270 e. The molecule has 3 aromatic carbocycles. The monoisotopic (exact) mass is 433 g/mol. The Kier molecular flexibility index (Phi) is 5.60. The third kappa shape index (κ3) is 4.34. The summed E-state index contributed by atoms with van der Waals surface area (Å²) in [5, 5.41) is 7.92. The van der Waals surface area contributed by atoms with Gasteiger partial charge in [0.1, 0.15) is 11.4 Å². The minimum atomic E-state index is -0.298. The normalized spacial score (nSPS) is 11.0. The van der Waals surface area contributed by atoms with Gasteiger partial charge in [-0.15, -0.1) is 0 Å². The molecule has 33 heavy (non-hydrogen) atoms. The average molecular weight is 434 g/mol. The van der Waals surface area contributed by atoms with Gasteiger partial charge in [-0.3, -0.25) is 4.79 Å². The summed E-state index contributed by atoms with van der Waals surface area (Å²) >= 11 is 0. The number of nitrogens with zero attached hydrogens (tertiary/aromatic N) is 2. The van der Waals surface area contributed by atoms with Gasteiger partial charge in [-0.1, -0.05) is 72.8 Å². The Hall–Kier alpha value is -4.38. The lowest BCUT2D eigenvalue weighted by molar-refractivity contribution is 0.0935. The van der Waals surface area contributed by atoms with E-state index in [2.05, 4.69) is 5.32 Å². The molecule has 2 aromatic heterocycles. The zero-order chi connectivity index (χ0) is 22.6. The van der Waals surface area contributed by atoms with Crippen LogP contribution in [0.25, 0.3) is 17.1 Å². The van der Waals surface area contributed by atoms with Crippen LogP contribution in [0.15, 0.2) is 114 Å². The van der Waals surface area contributed by atoms with Crippen molar-refractivity contribution < 1.29 is 9.21 Å². The summed E-state index contributed by atoms with van der Waals surface area (Å²) in [5.74, 6) is 0.387. The highest BCUT2D eigenvalue weighted by Gasteiger charge is 2.23. The standard InChI is InChI=1S/C28H23N3O2/c1-20-10-8-15-23(18-20)31-25(19-24(30-31)26-16-9-17-33-26)28(32)29-27(21-11-4-2-5-12-21)22-13-6-3-7-14-22/h2-19,27H,1H3,(H,29,32). The number of aromatic nitrogens is 2. The van der Waals surface area contributed by atoms with Crippen LogP contribution in [0.5, 0.6) is 0 Å². The van der Waals surface area contributed by atoms with E-state index in [1.807, 2.05) is 104 Å². The van der Waals surface area contributed by atoms with Crippen molar-refractivity contribution in [2.45, 2.75) is 13.0 Å². The molecule has 0 aliphatic carbocycles. The molecule has 0 radical (unpaired) electrons. The number of rotatable bonds is 6. The summed E-state index contributed by atoms with van der Waals surface area (Å²) in [6.07, 6.45) is 1.60. The summed E-state index contributed by atoms with van der Waals surface area (Å²) in [6.45, 7) is 2.01. The van der Waals surface area contributed by atoms with E-state index in [4.69, 9.17) is 9.52 Å². The number of aryl methyl sites for hydroxylation is 1.